The summed E-state index contributed by atoms with van der Waals surface area (Å²) in [4.78, 5) is 13.8. The van der Waals surface area contributed by atoms with Crippen LogP contribution in [0, 0.1) is 0 Å². The highest BCUT2D eigenvalue weighted by Crippen LogP contribution is 2.11. The van der Waals surface area contributed by atoms with Gasteiger partial charge in [0.15, 0.2) is 0 Å². The number of piperidine rings is 1. The standard InChI is InChI=1S/C12H19N3OS/c16-12(14-6-2-1-3-7-14)11-17-10-9-15-8-4-5-13-15/h4-5,8H,1-3,6-7,9-11H2. The summed E-state index contributed by atoms with van der Waals surface area (Å²) >= 11 is 1.70. The lowest BCUT2D eigenvalue weighted by Gasteiger charge is -2.26. The fourth-order valence-corrected chi connectivity index (χ4v) is 2.80. The van der Waals surface area contributed by atoms with Gasteiger partial charge in [0, 0.05) is 37.8 Å². The minimum absolute atomic E-state index is 0.301. The first-order valence-corrected chi connectivity index (χ1v) is 7.35. The van der Waals surface area contributed by atoms with Gasteiger partial charge in [0.2, 0.25) is 5.91 Å². The summed E-state index contributed by atoms with van der Waals surface area (Å²) in [6.45, 7) is 2.79. The van der Waals surface area contributed by atoms with Gasteiger partial charge in [-0.2, -0.15) is 16.9 Å². The molecule has 17 heavy (non-hydrogen) atoms. The van der Waals surface area contributed by atoms with Gasteiger partial charge in [-0.3, -0.25) is 9.48 Å². The Bertz CT molecular complexity index is 334. The van der Waals surface area contributed by atoms with Crippen molar-refractivity contribution in [2.24, 2.45) is 0 Å². The number of thioether (sulfide) groups is 1. The fraction of sp³-hybridized carbons (Fsp3) is 0.667. The minimum atomic E-state index is 0.301. The molecule has 1 aliphatic rings. The van der Waals surface area contributed by atoms with E-state index in [4.69, 9.17) is 0 Å². The van der Waals surface area contributed by atoms with Crippen LogP contribution in [-0.4, -0.2) is 45.2 Å². The SMILES string of the molecule is O=C(CSCCn1cccn1)N1CCCCC1. The lowest BCUT2D eigenvalue weighted by atomic mass is 10.1. The van der Waals surface area contributed by atoms with Gasteiger partial charge in [-0.15, -0.1) is 0 Å². The largest absolute Gasteiger partial charge is 0.342 e. The quantitative estimate of drug-likeness (QED) is 0.749. The van der Waals surface area contributed by atoms with Crippen molar-refractivity contribution in [1.29, 1.82) is 0 Å². The third-order valence-corrected chi connectivity index (χ3v) is 3.88. The van der Waals surface area contributed by atoms with Gasteiger partial charge in [-0.05, 0) is 25.3 Å². The number of hydrogen-bond donors (Lipinski definition) is 0. The van der Waals surface area contributed by atoms with E-state index in [1.807, 2.05) is 21.8 Å². The summed E-state index contributed by atoms with van der Waals surface area (Å²) in [6.07, 6.45) is 7.35. The molecule has 1 saturated heterocycles. The minimum Gasteiger partial charge on any atom is -0.342 e. The van der Waals surface area contributed by atoms with Crippen molar-refractivity contribution in [2.45, 2.75) is 25.8 Å². The third-order valence-electron chi connectivity index (χ3n) is 2.96. The summed E-state index contributed by atoms with van der Waals surface area (Å²) in [5, 5.41) is 4.13. The van der Waals surface area contributed by atoms with Crippen molar-refractivity contribution in [1.82, 2.24) is 14.7 Å². The molecule has 0 aliphatic carbocycles. The molecule has 0 atom stereocenters. The van der Waals surface area contributed by atoms with E-state index in [2.05, 4.69) is 5.10 Å². The summed E-state index contributed by atoms with van der Waals surface area (Å²) < 4.78 is 1.90. The Balaban J connectivity index is 1.59. The first-order chi connectivity index (χ1) is 8.36. The van der Waals surface area contributed by atoms with E-state index in [1.165, 1.54) is 19.3 Å². The molecule has 0 spiro atoms. The highest BCUT2D eigenvalue weighted by molar-refractivity contribution is 7.99. The van der Waals surface area contributed by atoms with E-state index in [0.29, 0.717) is 11.7 Å². The molecule has 1 aromatic rings. The van der Waals surface area contributed by atoms with E-state index >= 15 is 0 Å². The number of hydrogen-bond acceptors (Lipinski definition) is 3. The molecule has 5 heteroatoms. The number of rotatable bonds is 5. The maximum Gasteiger partial charge on any atom is 0.232 e. The first kappa shape index (κ1) is 12.5. The Labute approximate surface area is 106 Å². The summed E-state index contributed by atoms with van der Waals surface area (Å²) in [6, 6.07) is 1.92. The van der Waals surface area contributed by atoms with E-state index in [-0.39, 0.29) is 0 Å². The maximum atomic E-state index is 11.8. The molecule has 1 aromatic heterocycles. The van der Waals surface area contributed by atoms with Crippen LogP contribution >= 0.6 is 11.8 Å². The number of amides is 1. The van der Waals surface area contributed by atoms with E-state index in [9.17, 15) is 4.79 Å². The lowest BCUT2D eigenvalue weighted by molar-refractivity contribution is -0.129. The number of carbonyl (C=O) groups is 1. The van der Waals surface area contributed by atoms with Crippen molar-refractivity contribution in [3.8, 4) is 0 Å². The van der Waals surface area contributed by atoms with Crippen LogP contribution in [0.4, 0.5) is 0 Å². The van der Waals surface area contributed by atoms with Crippen molar-refractivity contribution < 1.29 is 4.79 Å². The Morgan fingerprint density at radius 3 is 2.82 bits per heavy atom. The van der Waals surface area contributed by atoms with Crippen molar-refractivity contribution in [3.05, 3.63) is 18.5 Å². The van der Waals surface area contributed by atoms with Crippen LogP contribution in [0.5, 0.6) is 0 Å². The van der Waals surface area contributed by atoms with Crippen LogP contribution in [0.1, 0.15) is 19.3 Å². The van der Waals surface area contributed by atoms with Crippen molar-refractivity contribution in [3.63, 3.8) is 0 Å². The zero-order valence-corrected chi connectivity index (χ0v) is 10.9. The molecule has 4 nitrogen and oxygen atoms in total. The molecule has 0 saturated carbocycles. The van der Waals surface area contributed by atoms with E-state index in [0.717, 1.165) is 25.4 Å². The first-order valence-electron chi connectivity index (χ1n) is 6.19. The van der Waals surface area contributed by atoms with Gasteiger partial charge < -0.3 is 4.90 Å². The number of aryl methyl sites for hydroxylation is 1. The molecule has 2 rings (SSSR count). The summed E-state index contributed by atoms with van der Waals surface area (Å²) in [7, 11) is 0. The smallest absolute Gasteiger partial charge is 0.232 e. The third kappa shape index (κ3) is 4.07. The average Bonchev–Trinajstić information content (AvgIpc) is 2.88. The molecule has 1 amide bonds. The predicted molar refractivity (Wildman–Crippen MR) is 70.0 cm³/mol. The highest BCUT2D eigenvalue weighted by Gasteiger charge is 2.15. The molecule has 2 heterocycles. The maximum absolute atomic E-state index is 11.8. The molecule has 94 valence electrons. The van der Waals surface area contributed by atoms with Crippen molar-refractivity contribution in [2.75, 3.05) is 24.6 Å². The number of aromatic nitrogens is 2. The topological polar surface area (TPSA) is 38.1 Å². The van der Waals surface area contributed by atoms with Crippen LogP contribution in [0.2, 0.25) is 0 Å². The predicted octanol–water partition coefficient (Wildman–Crippen LogP) is 1.63. The van der Waals surface area contributed by atoms with E-state index < -0.39 is 0 Å². The molecule has 0 aromatic carbocycles. The van der Waals surface area contributed by atoms with Crippen LogP contribution in [0.3, 0.4) is 0 Å². The second-order valence-electron chi connectivity index (χ2n) is 4.26. The van der Waals surface area contributed by atoms with Gasteiger partial charge in [0.05, 0.1) is 5.75 Å². The molecule has 1 fully saturated rings. The van der Waals surface area contributed by atoms with Crippen LogP contribution in [0.15, 0.2) is 18.5 Å². The molecule has 0 radical (unpaired) electrons. The van der Waals surface area contributed by atoms with Crippen LogP contribution < -0.4 is 0 Å². The number of nitrogens with zero attached hydrogens (tertiary/aromatic N) is 3. The molecule has 1 aliphatic heterocycles. The van der Waals surface area contributed by atoms with Gasteiger partial charge in [-0.1, -0.05) is 0 Å². The molecule has 0 unspecified atom stereocenters. The van der Waals surface area contributed by atoms with E-state index in [1.54, 1.807) is 18.0 Å². The van der Waals surface area contributed by atoms with Gasteiger partial charge in [0.25, 0.3) is 0 Å². The van der Waals surface area contributed by atoms with Crippen LogP contribution in [0.25, 0.3) is 0 Å². The van der Waals surface area contributed by atoms with Crippen LogP contribution in [-0.2, 0) is 11.3 Å². The van der Waals surface area contributed by atoms with Gasteiger partial charge >= 0.3 is 0 Å². The summed E-state index contributed by atoms with van der Waals surface area (Å²) in [5.74, 6) is 1.86. The second kappa shape index (κ2) is 6.69. The Kier molecular flexibility index (Phi) is 4.91. The van der Waals surface area contributed by atoms with Crippen molar-refractivity contribution >= 4 is 17.7 Å². The second-order valence-corrected chi connectivity index (χ2v) is 5.37. The van der Waals surface area contributed by atoms with Gasteiger partial charge in [0.1, 0.15) is 0 Å². The monoisotopic (exact) mass is 253 g/mol. The lowest BCUT2D eigenvalue weighted by Crippen LogP contribution is -2.36. The Morgan fingerprint density at radius 2 is 2.12 bits per heavy atom. The number of likely N-dealkylation sites (tertiary alicyclic amines) is 1. The highest BCUT2D eigenvalue weighted by atomic mass is 32.2. The molecule has 0 N–H and O–H groups in total. The summed E-state index contributed by atoms with van der Waals surface area (Å²) in [5.41, 5.74) is 0. The van der Waals surface area contributed by atoms with Gasteiger partial charge in [-0.25, -0.2) is 0 Å². The zero-order valence-electron chi connectivity index (χ0n) is 10.0. The molecular formula is C12H19N3OS. The zero-order chi connectivity index (χ0) is 11.9. The Hall–Kier alpha value is -0.970. The Morgan fingerprint density at radius 1 is 1.29 bits per heavy atom. The number of carbonyl (C=O) groups excluding carboxylic acids is 1. The molecule has 0 bridgehead atoms. The fourth-order valence-electron chi connectivity index (χ4n) is 1.98. The average molecular weight is 253 g/mol. The normalized spacial score (nSPS) is 16.1. The molecular weight excluding hydrogens is 234 g/mol.